The molecule has 116 valence electrons. The minimum Gasteiger partial charge on any atom is -0.333 e. The van der Waals surface area contributed by atoms with Crippen LogP contribution in [0.4, 0.5) is 0 Å². The van der Waals surface area contributed by atoms with Crippen LogP contribution in [0.5, 0.6) is 0 Å². The van der Waals surface area contributed by atoms with Gasteiger partial charge in [0, 0.05) is 12.1 Å². The van der Waals surface area contributed by atoms with Crippen LogP contribution in [0.3, 0.4) is 0 Å². The highest BCUT2D eigenvalue weighted by Crippen LogP contribution is 2.32. The summed E-state index contributed by atoms with van der Waals surface area (Å²) >= 11 is 6.08. The highest BCUT2D eigenvalue weighted by Gasteiger charge is 2.36. The summed E-state index contributed by atoms with van der Waals surface area (Å²) in [6.07, 6.45) is 2.64. The Bertz CT molecular complexity index is 660. The zero-order valence-electron chi connectivity index (χ0n) is 12.0. The lowest BCUT2D eigenvalue weighted by Gasteiger charge is -2.29. The molecule has 1 heterocycles. The molecule has 0 saturated carbocycles. The van der Waals surface area contributed by atoms with Crippen LogP contribution in [0.25, 0.3) is 0 Å². The van der Waals surface area contributed by atoms with Crippen molar-refractivity contribution >= 4 is 27.5 Å². The first-order valence-corrected chi connectivity index (χ1v) is 8.83. The molecule has 2 unspecified atom stereocenters. The Morgan fingerprint density at radius 1 is 1.43 bits per heavy atom. The number of carbonyl (C=O) groups excluding carboxylic acids is 1. The molecule has 1 aromatic carbocycles. The SMILES string of the molecule is CCC1CCC(C)N1C(=O)c1c(Cl)cccc1S(N)(=O)=O. The van der Waals surface area contributed by atoms with E-state index in [1.54, 1.807) is 4.90 Å². The predicted molar refractivity (Wildman–Crippen MR) is 81.8 cm³/mol. The molecule has 2 atom stereocenters. The number of rotatable bonds is 3. The maximum atomic E-state index is 12.8. The number of halogens is 1. The number of sulfonamides is 1. The molecule has 1 aromatic rings. The van der Waals surface area contributed by atoms with Gasteiger partial charge in [0.2, 0.25) is 10.0 Å². The molecule has 2 rings (SSSR count). The van der Waals surface area contributed by atoms with E-state index in [0.717, 1.165) is 19.3 Å². The summed E-state index contributed by atoms with van der Waals surface area (Å²) in [6, 6.07) is 4.47. The number of amides is 1. The van der Waals surface area contributed by atoms with Crippen LogP contribution >= 0.6 is 11.6 Å². The number of benzene rings is 1. The van der Waals surface area contributed by atoms with Crippen molar-refractivity contribution in [2.24, 2.45) is 5.14 Å². The molecule has 0 aromatic heterocycles. The van der Waals surface area contributed by atoms with Gasteiger partial charge in [0.1, 0.15) is 0 Å². The largest absolute Gasteiger partial charge is 0.333 e. The van der Waals surface area contributed by atoms with E-state index in [1.165, 1.54) is 18.2 Å². The average molecular weight is 331 g/mol. The van der Waals surface area contributed by atoms with Gasteiger partial charge in [-0.1, -0.05) is 24.6 Å². The van der Waals surface area contributed by atoms with Crippen molar-refractivity contribution in [1.29, 1.82) is 0 Å². The predicted octanol–water partition coefficient (Wildman–Crippen LogP) is 2.39. The second-order valence-electron chi connectivity index (χ2n) is 5.36. The Hall–Kier alpha value is -1.11. The molecule has 0 spiro atoms. The van der Waals surface area contributed by atoms with Crippen LogP contribution in [0.1, 0.15) is 43.5 Å². The van der Waals surface area contributed by atoms with Crippen LogP contribution < -0.4 is 5.14 Å². The lowest BCUT2D eigenvalue weighted by Crippen LogP contribution is -2.40. The van der Waals surface area contributed by atoms with Crippen molar-refractivity contribution in [3.05, 3.63) is 28.8 Å². The van der Waals surface area contributed by atoms with Crippen LogP contribution in [0.2, 0.25) is 5.02 Å². The van der Waals surface area contributed by atoms with E-state index in [1.807, 2.05) is 13.8 Å². The number of carbonyl (C=O) groups is 1. The van der Waals surface area contributed by atoms with Gasteiger partial charge < -0.3 is 4.90 Å². The number of hydrogen-bond donors (Lipinski definition) is 1. The fraction of sp³-hybridized carbons (Fsp3) is 0.500. The van der Waals surface area contributed by atoms with Gasteiger partial charge in [-0.25, -0.2) is 13.6 Å². The monoisotopic (exact) mass is 330 g/mol. The van der Waals surface area contributed by atoms with Gasteiger partial charge in [-0.15, -0.1) is 0 Å². The normalized spacial score (nSPS) is 22.6. The third kappa shape index (κ3) is 3.07. The van der Waals surface area contributed by atoms with Crippen molar-refractivity contribution in [2.75, 3.05) is 0 Å². The first-order chi connectivity index (χ1) is 9.77. The highest BCUT2D eigenvalue weighted by atomic mass is 35.5. The number of nitrogens with two attached hydrogens (primary N) is 1. The number of nitrogens with zero attached hydrogens (tertiary/aromatic N) is 1. The third-order valence-corrected chi connectivity index (χ3v) is 5.26. The lowest BCUT2D eigenvalue weighted by molar-refractivity contribution is 0.0672. The van der Waals surface area contributed by atoms with Crippen molar-refractivity contribution in [3.63, 3.8) is 0 Å². The smallest absolute Gasteiger partial charge is 0.257 e. The number of primary sulfonamides is 1. The van der Waals surface area contributed by atoms with Gasteiger partial charge in [0.05, 0.1) is 15.5 Å². The summed E-state index contributed by atoms with van der Waals surface area (Å²) in [7, 11) is -4.00. The fourth-order valence-electron chi connectivity index (χ4n) is 2.92. The minimum absolute atomic E-state index is 0.0196. The lowest BCUT2D eigenvalue weighted by atomic mass is 10.1. The zero-order chi connectivity index (χ0) is 15.8. The summed E-state index contributed by atoms with van der Waals surface area (Å²) in [4.78, 5) is 14.4. The molecule has 1 aliphatic rings. The van der Waals surface area contributed by atoms with Gasteiger partial charge in [-0.05, 0) is 38.3 Å². The number of hydrogen-bond acceptors (Lipinski definition) is 3. The second-order valence-corrected chi connectivity index (χ2v) is 7.30. The summed E-state index contributed by atoms with van der Waals surface area (Å²) in [6.45, 7) is 3.97. The highest BCUT2D eigenvalue weighted by molar-refractivity contribution is 7.89. The minimum atomic E-state index is -4.00. The van der Waals surface area contributed by atoms with Crippen LogP contribution in [0, 0.1) is 0 Å². The van der Waals surface area contributed by atoms with E-state index in [4.69, 9.17) is 16.7 Å². The molecule has 0 bridgehead atoms. The Kier molecular flexibility index (Phi) is 4.60. The molecule has 0 radical (unpaired) electrons. The average Bonchev–Trinajstić information content (AvgIpc) is 2.77. The molecule has 1 saturated heterocycles. The summed E-state index contributed by atoms with van der Waals surface area (Å²) in [5, 5.41) is 5.32. The van der Waals surface area contributed by atoms with E-state index >= 15 is 0 Å². The molecular weight excluding hydrogens is 312 g/mol. The summed E-state index contributed by atoms with van der Waals surface area (Å²) < 4.78 is 23.4. The van der Waals surface area contributed by atoms with E-state index in [2.05, 4.69) is 0 Å². The molecule has 1 aliphatic heterocycles. The molecule has 2 N–H and O–H groups in total. The van der Waals surface area contributed by atoms with Gasteiger partial charge in [0.15, 0.2) is 0 Å². The Morgan fingerprint density at radius 3 is 2.67 bits per heavy atom. The second kappa shape index (κ2) is 5.94. The quantitative estimate of drug-likeness (QED) is 0.924. The van der Waals surface area contributed by atoms with Crippen molar-refractivity contribution in [3.8, 4) is 0 Å². The molecule has 5 nitrogen and oxygen atoms in total. The fourth-order valence-corrected chi connectivity index (χ4v) is 3.98. The van der Waals surface area contributed by atoms with Crippen molar-refractivity contribution in [1.82, 2.24) is 4.90 Å². The topological polar surface area (TPSA) is 80.5 Å². The van der Waals surface area contributed by atoms with Crippen molar-refractivity contribution in [2.45, 2.75) is 50.1 Å². The molecule has 7 heteroatoms. The maximum Gasteiger partial charge on any atom is 0.257 e. The zero-order valence-corrected chi connectivity index (χ0v) is 13.6. The van der Waals surface area contributed by atoms with Gasteiger partial charge >= 0.3 is 0 Å². The van der Waals surface area contributed by atoms with Gasteiger partial charge in [0.25, 0.3) is 5.91 Å². The van der Waals surface area contributed by atoms with Crippen LogP contribution in [-0.4, -0.2) is 31.3 Å². The van der Waals surface area contributed by atoms with Crippen molar-refractivity contribution < 1.29 is 13.2 Å². The molecule has 1 amide bonds. The van der Waals surface area contributed by atoms with Crippen LogP contribution in [-0.2, 0) is 10.0 Å². The van der Waals surface area contributed by atoms with E-state index in [9.17, 15) is 13.2 Å². The van der Waals surface area contributed by atoms with Crippen LogP contribution in [0.15, 0.2) is 23.1 Å². The first-order valence-electron chi connectivity index (χ1n) is 6.91. The van der Waals surface area contributed by atoms with E-state index < -0.39 is 10.0 Å². The molecular formula is C14H19ClN2O3S. The Labute approximate surface area is 130 Å². The number of likely N-dealkylation sites (tertiary alicyclic amines) is 1. The third-order valence-electron chi connectivity index (χ3n) is 3.99. The Morgan fingerprint density at radius 2 is 2.10 bits per heavy atom. The standard InChI is InChI=1S/C14H19ClN2O3S/c1-3-10-8-7-9(2)17(10)14(18)13-11(15)5-4-6-12(13)21(16,19)20/h4-6,9-10H,3,7-8H2,1-2H3,(H2,16,19,20). The van der Waals surface area contributed by atoms with Gasteiger partial charge in [-0.3, -0.25) is 4.79 Å². The molecule has 21 heavy (non-hydrogen) atoms. The van der Waals surface area contributed by atoms with E-state index in [-0.39, 0.29) is 33.5 Å². The summed E-state index contributed by atoms with van der Waals surface area (Å²) in [5.74, 6) is -0.360. The maximum absolute atomic E-state index is 12.8. The summed E-state index contributed by atoms with van der Waals surface area (Å²) in [5.41, 5.74) is -0.0196. The Balaban J connectivity index is 2.54. The molecule has 0 aliphatic carbocycles. The van der Waals surface area contributed by atoms with Gasteiger partial charge in [-0.2, -0.15) is 0 Å². The molecule has 1 fully saturated rings. The van der Waals surface area contributed by atoms with E-state index in [0.29, 0.717) is 0 Å². The first kappa shape index (κ1) is 16.3.